The van der Waals surface area contributed by atoms with Gasteiger partial charge in [0.05, 0.1) is 6.61 Å². The predicted octanol–water partition coefficient (Wildman–Crippen LogP) is 1.34. The van der Waals surface area contributed by atoms with Crippen LogP contribution in [0.25, 0.3) is 11.1 Å². The third-order valence-electron chi connectivity index (χ3n) is 2.63. The summed E-state index contributed by atoms with van der Waals surface area (Å²) in [4.78, 5) is 0. The minimum Gasteiger partial charge on any atom is -0.495 e. The summed E-state index contributed by atoms with van der Waals surface area (Å²) in [6, 6.07) is 13.7. The first-order valence-corrected chi connectivity index (χ1v) is 5.60. The summed E-state index contributed by atoms with van der Waals surface area (Å²) in [5.74, 6) is 0.643. The summed E-state index contributed by atoms with van der Waals surface area (Å²) in [5.41, 5.74) is 3.07. The Morgan fingerprint density at radius 3 is 2.29 bits per heavy atom. The Morgan fingerprint density at radius 2 is 1.65 bits per heavy atom. The van der Waals surface area contributed by atoms with Crippen molar-refractivity contribution in [2.24, 2.45) is 0 Å². The second-order valence-electron chi connectivity index (χ2n) is 3.74. The molecule has 3 heteroatoms. The molecule has 2 rings (SSSR count). The number of ether oxygens (including phenoxy) is 1. The van der Waals surface area contributed by atoms with E-state index in [9.17, 15) is 0 Å². The maximum Gasteiger partial charge on any atom is 0.118 e. The van der Waals surface area contributed by atoms with Crippen LogP contribution in [0.4, 0.5) is 0 Å². The first-order chi connectivity index (χ1) is 8.24. The van der Waals surface area contributed by atoms with Crippen LogP contribution in [0.1, 0.15) is 6.92 Å². The van der Waals surface area contributed by atoms with E-state index in [4.69, 9.17) is 20.4 Å². The van der Waals surface area contributed by atoms with E-state index in [0.29, 0.717) is 23.3 Å². The third kappa shape index (κ3) is 2.38. The molecule has 1 nitrogen and oxygen atoms in total. The number of hydrogen-bond donors (Lipinski definition) is 0. The van der Waals surface area contributed by atoms with Crippen molar-refractivity contribution in [2.45, 2.75) is 6.92 Å². The molecule has 0 saturated heterocycles. The zero-order chi connectivity index (χ0) is 12.3. The smallest absolute Gasteiger partial charge is 0.118 e. The minimum atomic E-state index is 0.508. The van der Waals surface area contributed by atoms with Crippen LogP contribution < -0.4 is 15.7 Å². The summed E-state index contributed by atoms with van der Waals surface area (Å²) in [5, 5.41) is 0. The molecule has 0 saturated carbocycles. The van der Waals surface area contributed by atoms with Crippen molar-refractivity contribution in [3.05, 3.63) is 42.5 Å². The molecule has 0 bridgehead atoms. The molecule has 2 aromatic carbocycles. The van der Waals surface area contributed by atoms with E-state index in [1.165, 1.54) is 0 Å². The van der Waals surface area contributed by atoms with Gasteiger partial charge in [0.2, 0.25) is 0 Å². The van der Waals surface area contributed by atoms with Gasteiger partial charge >= 0.3 is 0 Å². The van der Waals surface area contributed by atoms with Gasteiger partial charge in [-0.15, -0.1) is 0 Å². The van der Waals surface area contributed by atoms with Crippen molar-refractivity contribution in [2.75, 3.05) is 6.61 Å². The Balaban J connectivity index is 2.48. The van der Waals surface area contributed by atoms with Gasteiger partial charge in [-0.2, -0.15) is 0 Å². The Labute approximate surface area is 105 Å². The molecule has 80 valence electrons. The average molecular weight is 218 g/mol. The molecule has 4 radical (unpaired) electrons. The molecule has 0 amide bonds. The van der Waals surface area contributed by atoms with E-state index >= 15 is 0 Å². The van der Waals surface area contributed by atoms with Gasteiger partial charge in [-0.3, -0.25) is 0 Å². The molecule has 0 unspecified atom stereocenters. The van der Waals surface area contributed by atoms with Gasteiger partial charge in [-0.1, -0.05) is 47.3 Å². The van der Waals surface area contributed by atoms with Crippen LogP contribution in [0, 0.1) is 0 Å². The molecule has 0 N–H and O–H groups in total. The Bertz CT molecular complexity index is 509. The van der Waals surface area contributed by atoms with E-state index in [-0.39, 0.29) is 0 Å². The van der Waals surface area contributed by atoms with Gasteiger partial charge in [-0.05, 0) is 24.1 Å². The molecule has 0 aliphatic heterocycles. The first-order valence-electron chi connectivity index (χ1n) is 5.60. The maximum absolute atomic E-state index is 6.04. The number of benzene rings is 2. The molecule has 17 heavy (non-hydrogen) atoms. The first kappa shape index (κ1) is 11.8. The normalized spacial score (nSPS) is 10.2. The Kier molecular flexibility index (Phi) is 3.58. The lowest BCUT2D eigenvalue weighted by molar-refractivity contribution is 0.343. The zero-order valence-electron chi connectivity index (χ0n) is 9.81. The summed E-state index contributed by atoms with van der Waals surface area (Å²) < 4.78 is 5.40. The lowest BCUT2D eigenvalue weighted by atomic mass is 9.75. The number of rotatable bonds is 3. The van der Waals surface area contributed by atoms with Gasteiger partial charge in [0.1, 0.15) is 21.4 Å². The molecular weight excluding hydrogens is 206 g/mol. The van der Waals surface area contributed by atoms with Crippen molar-refractivity contribution in [3.63, 3.8) is 0 Å². The molecule has 0 spiro atoms. The van der Waals surface area contributed by atoms with Crippen LogP contribution >= 0.6 is 0 Å². The van der Waals surface area contributed by atoms with Gasteiger partial charge in [0, 0.05) is 0 Å². The standard InChI is InChI=1S/C14H12B2O/c1-2-17-12-9-8-11(13(15)14(12)16)10-6-4-3-5-7-10/h3-9H,2H2,1H3. The fraction of sp³-hybridized carbons (Fsp3) is 0.143. The molecule has 0 heterocycles. The van der Waals surface area contributed by atoms with Crippen molar-refractivity contribution < 1.29 is 4.74 Å². The summed E-state index contributed by atoms with van der Waals surface area (Å²) in [6.45, 7) is 2.50. The van der Waals surface area contributed by atoms with Crippen LogP contribution in [-0.4, -0.2) is 22.3 Å². The monoisotopic (exact) mass is 218 g/mol. The van der Waals surface area contributed by atoms with Crippen molar-refractivity contribution >= 4 is 26.6 Å². The van der Waals surface area contributed by atoms with Gasteiger partial charge in [-0.25, -0.2) is 0 Å². The highest BCUT2D eigenvalue weighted by Gasteiger charge is 2.07. The summed E-state index contributed by atoms with van der Waals surface area (Å²) in [7, 11) is 12.0. The molecule has 0 aromatic heterocycles. The van der Waals surface area contributed by atoms with E-state index in [0.717, 1.165) is 11.1 Å². The fourth-order valence-electron chi connectivity index (χ4n) is 1.77. The SMILES string of the molecule is [B]c1c(OCC)ccc(-c2ccccc2)c1[B]. The van der Waals surface area contributed by atoms with E-state index < -0.39 is 0 Å². The maximum atomic E-state index is 6.04. The topological polar surface area (TPSA) is 9.23 Å². The molecule has 0 aliphatic carbocycles. The molecule has 0 fully saturated rings. The predicted molar refractivity (Wildman–Crippen MR) is 73.8 cm³/mol. The van der Waals surface area contributed by atoms with Crippen molar-refractivity contribution in [1.29, 1.82) is 0 Å². The van der Waals surface area contributed by atoms with E-state index in [1.807, 2.05) is 49.4 Å². The second kappa shape index (κ2) is 5.13. The van der Waals surface area contributed by atoms with Crippen LogP contribution in [-0.2, 0) is 0 Å². The van der Waals surface area contributed by atoms with Crippen LogP contribution in [0.2, 0.25) is 0 Å². The van der Waals surface area contributed by atoms with Crippen molar-refractivity contribution in [1.82, 2.24) is 0 Å². The highest BCUT2D eigenvalue weighted by atomic mass is 16.5. The van der Waals surface area contributed by atoms with Crippen LogP contribution in [0.5, 0.6) is 5.75 Å². The van der Waals surface area contributed by atoms with Gasteiger partial charge < -0.3 is 4.74 Å². The Morgan fingerprint density at radius 1 is 0.941 bits per heavy atom. The third-order valence-corrected chi connectivity index (χ3v) is 2.63. The van der Waals surface area contributed by atoms with Crippen molar-refractivity contribution in [3.8, 4) is 16.9 Å². The zero-order valence-corrected chi connectivity index (χ0v) is 9.81. The molecule has 2 aromatic rings. The summed E-state index contributed by atoms with van der Waals surface area (Å²) in [6.07, 6.45) is 0. The average Bonchev–Trinajstić information content (AvgIpc) is 2.36. The molecule has 0 aliphatic rings. The van der Waals surface area contributed by atoms with Gasteiger partial charge in [0.15, 0.2) is 0 Å². The Hall–Kier alpha value is -1.63. The lowest BCUT2D eigenvalue weighted by Crippen LogP contribution is -2.29. The largest absolute Gasteiger partial charge is 0.495 e. The highest BCUT2D eigenvalue weighted by Crippen LogP contribution is 2.18. The molecule has 0 atom stereocenters. The summed E-state index contributed by atoms with van der Waals surface area (Å²) >= 11 is 0. The van der Waals surface area contributed by atoms with Gasteiger partial charge in [0.25, 0.3) is 0 Å². The minimum absolute atomic E-state index is 0.508. The molecular formula is C14H12B2O. The fourth-order valence-corrected chi connectivity index (χ4v) is 1.77. The van der Waals surface area contributed by atoms with E-state index in [2.05, 4.69) is 0 Å². The van der Waals surface area contributed by atoms with Crippen LogP contribution in [0.3, 0.4) is 0 Å². The second-order valence-corrected chi connectivity index (χ2v) is 3.74. The lowest BCUT2D eigenvalue weighted by Gasteiger charge is -2.14. The van der Waals surface area contributed by atoms with Crippen LogP contribution in [0.15, 0.2) is 42.5 Å². The quantitative estimate of drug-likeness (QED) is 0.706. The number of hydrogen-bond acceptors (Lipinski definition) is 1. The van der Waals surface area contributed by atoms with E-state index in [1.54, 1.807) is 0 Å². The highest BCUT2D eigenvalue weighted by molar-refractivity contribution is 6.52.